The molecule has 39 heavy (non-hydrogen) atoms. The van der Waals surface area contributed by atoms with Crippen molar-refractivity contribution < 1.29 is 28.7 Å². The fraction of sp³-hybridized carbons (Fsp3) is 0.333. The van der Waals surface area contributed by atoms with E-state index in [1.165, 1.54) is 36.9 Å². The van der Waals surface area contributed by atoms with Crippen molar-refractivity contribution in [3.63, 3.8) is 0 Å². The first kappa shape index (κ1) is 27.6. The Hall–Kier alpha value is -4.40. The molecule has 204 valence electrons. The number of carbonyl (C=O) groups excluding carboxylic acids is 3. The number of carboxylic acid groups (broad SMARTS) is 1. The van der Waals surface area contributed by atoms with Gasteiger partial charge in [-0.25, -0.2) is 4.79 Å². The minimum absolute atomic E-state index is 0.0687. The van der Waals surface area contributed by atoms with Gasteiger partial charge in [0.15, 0.2) is 5.76 Å². The molecule has 4 rings (SSSR count). The van der Waals surface area contributed by atoms with Crippen LogP contribution in [0.25, 0.3) is 0 Å². The number of anilines is 1. The van der Waals surface area contributed by atoms with Gasteiger partial charge in [-0.2, -0.15) is 0 Å². The highest BCUT2D eigenvalue weighted by Gasteiger charge is 2.31. The topological polar surface area (TPSA) is 129 Å². The van der Waals surface area contributed by atoms with Crippen LogP contribution in [-0.4, -0.2) is 45.3 Å². The maximum absolute atomic E-state index is 13.2. The first-order valence-corrected chi connectivity index (χ1v) is 13.0. The average Bonchev–Trinajstić information content (AvgIpc) is 3.48. The van der Waals surface area contributed by atoms with E-state index in [0.29, 0.717) is 18.0 Å². The normalized spacial score (nSPS) is 13.9. The molecular weight excluding hydrogens is 498 g/mol. The summed E-state index contributed by atoms with van der Waals surface area (Å²) in [5.41, 5.74) is 0.555. The third-order valence-electron chi connectivity index (χ3n) is 6.96. The second-order valence-corrected chi connectivity index (χ2v) is 10.3. The minimum atomic E-state index is -1.24. The van der Waals surface area contributed by atoms with Crippen LogP contribution >= 0.6 is 0 Å². The molecule has 0 bridgehead atoms. The van der Waals surface area contributed by atoms with E-state index in [4.69, 9.17) is 9.52 Å². The Kier molecular flexibility index (Phi) is 8.49. The number of carbonyl (C=O) groups is 4. The first-order valence-electron chi connectivity index (χ1n) is 13.0. The van der Waals surface area contributed by atoms with Crippen molar-refractivity contribution in [3.05, 3.63) is 89.4 Å². The number of amides is 3. The minimum Gasteiger partial charge on any atom is -0.478 e. The summed E-state index contributed by atoms with van der Waals surface area (Å²) in [4.78, 5) is 51.7. The van der Waals surface area contributed by atoms with Gasteiger partial charge >= 0.3 is 5.97 Å². The molecule has 0 atom stereocenters. The SMILES string of the molecule is CC(C)(NC(=O)c1ccc(C(=O)O)cc1)C(=O)Nc1ccc(CN(C(=O)c2ccco2)C2CCCCC2)cc1. The Morgan fingerprint density at radius 3 is 2.15 bits per heavy atom. The zero-order chi connectivity index (χ0) is 28.0. The van der Waals surface area contributed by atoms with Gasteiger partial charge in [0.1, 0.15) is 5.54 Å². The van der Waals surface area contributed by atoms with Gasteiger partial charge in [0.05, 0.1) is 11.8 Å². The second kappa shape index (κ2) is 12.0. The summed E-state index contributed by atoms with van der Waals surface area (Å²) >= 11 is 0. The van der Waals surface area contributed by atoms with Gasteiger partial charge in [-0.1, -0.05) is 31.4 Å². The molecule has 1 heterocycles. The van der Waals surface area contributed by atoms with Crippen LogP contribution in [0.1, 0.15) is 82.8 Å². The molecule has 0 radical (unpaired) electrons. The van der Waals surface area contributed by atoms with Gasteiger partial charge in [-0.05, 0) is 80.8 Å². The van der Waals surface area contributed by atoms with Crippen LogP contribution in [0, 0.1) is 0 Å². The van der Waals surface area contributed by atoms with Crippen LogP contribution < -0.4 is 10.6 Å². The van der Waals surface area contributed by atoms with Crippen molar-refractivity contribution in [2.75, 3.05) is 5.32 Å². The zero-order valence-electron chi connectivity index (χ0n) is 22.1. The van der Waals surface area contributed by atoms with Crippen molar-refractivity contribution in [2.24, 2.45) is 0 Å². The molecular formula is C30H33N3O6. The van der Waals surface area contributed by atoms with Crippen LogP contribution in [0.3, 0.4) is 0 Å². The summed E-state index contributed by atoms with van der Waals surface area (Å²) in [7, 11) is 0. The van der Waals surface area contributed by atoms with Crippen LogP contribution in [0.2, 0.25) is 0 Å². The molecule has 3 aromatic rings. The van der Waals surface area contributed by atoms with E-state index in [0.717, 1.165) is 31.2 Å². The maximum Gasteiger partial charge on any atom is 0.335 e. The highest BCUT2D eigenvalue weighted by Crippen LogP contribution is 2.26. The Balaban J connectivity index is 1.39. The fourth-order valence-electron chi connectivity index (χ4n) is 4.66. The van der Waals surface area contributed by atoms with E-state index in [9.17, 15) is 19.2 Å². The lowest BCUT2D eigenvalue weighted by Crippen LogP contribution is -2.52. The van der Waals surface area contributed by atoms with E-state index >= 15 is 0 Å². The number of rotatable bonds is 9. The van der Waals surface area contributed by atoms with E-state index in [-0.39, 0.29) is 23.1 Å². The van der Waals surface area contributed by atoms with Gasteiger partial charge in [-0.15, -0.1) is 0 Å². The molecule has 9 nitrogen and oxygen atoms in total. The number of carboxylic acids is 1. The highest BCUT2D eigenvalue weighted by molar-refractivity contribution is 6.03. The zero-order valence-corrected chi connectivity index (χ0v) is 22.1. The van der Waals surface area contributed by atoms with Crippen LogP contribution in [-0.2, 0) is 11.3 Å². The van der Waals surface area contributed by atoms with Gasteiger partial charge < -0.3 is 25.1 Å². The number of benzene rings is 2. The molecule has 3 amide bonds. The van der Waals surface area contributed by atoms with E-state index in [1.807, 2.05) is 17.0 Å². The molecule has 9 heteroatoms. The second-order valence-electron chi connectivity index (χ2n) is 10.3. The fourth-order valence-corrected chi connectivity index (χ4v) is 4.66. The Bertz CT molecular complexity index is 1310. The molecule has 0 aliphatic heterocycles. The summed E-state index contributed by atoms with van der Waals surface area (Å²) in [6, 6.07) is 16.3. The summed E-state index contributed by atoms with van der Waals surface area (Å²) in [6.07, 6.45) is 6.80. The molecule has 2 aromatic carbocycles. The lowest BCUT2D eigenvalue weighted by atomic mass is 9.93. The lowest BCUT2D eigenvalue weighted by Gasteiger charge is -2.34. The monoisotopic (exact) mass is 531 g/mol. The van der Waals surface area contributed by atoms with E-state index in [2.05, 4.69) is 10.6 Å². The lowest BCUT2D eigenvalue weighted by molar-refractivity contribution is -0.120. The summed E-state index contributed by atoms with van der Waals surface area (Å²) in [6.45, 7) is 3.60. The molecule has 1 saturated carbocycles. The van der Waals surface area contributed by atoms with Crippen molar-refractivity contribution in [2.45, 2.75) is 64.1 Å². The van der Waals surface area contributed by atoms with Gasteiger partial charge in [0, 0.05) is 23.8 Å². The molecule has 0 spiro atoms. The molecule has 0 unspecified atom stereocenters. The van der Waals surface area contributed by atoms with Gasteiger partial charge in [0.25, 0.3) is 11.8 Å². The Morgan fingerprint density at radius 1 is 0.923 bits per heavy atom. The van der Waals surface area contributed by atoms with E-state index < -0.39 is 23.3 Å². The highest BCUT2D eigenvalue weighted by atomic mass is 16.4. The molecule has 1 aromatic heterocycles. The predicted octanol–water partition coefficient (Wildman–Crippen LogP) is 5.10. The van der Waals surface area contributed by atoms with E-state index in [1.54, 1.807) is 38.1 Å². The number of aromatic carboxylic acids is 1. The molecule has 0 saturated heterocycles. The Morgan fingerprint density at radius 2 is 1.56 bits per heavy atom. The number of hydrogen-bond acceptors (Lipinski definition) is 5. The van der Waals surface area contributed by atoms with Crippen molar-refractivity contribution >= 4 is 29.4 Å². The van der Waals surface area contributed by atoms with Crippen LogP contribution in [0.15, 0.2) is 71.3 Å². The molecule has 3 N–H and O–H groups in total. The van der Waals surface area contributed by atoms with Crippen molar-refractivity contribution in [1.82, 2.24) is 10.2 Å². The third kappa shape index (κ3) is 6.93. The standard InChI is InChI=1S/C30H33N3O6/c1-30(2,32-26(34)21-12-14-22(15-13-21)28(36)37)29(38)31-23-16-10-20(11-17-23)19-33(24-7-4-3-5-8-24)27(35)25-9-6-18-39-25/h6,9-18,24H,3-5,7-8,19H2,1-2H3,(H,31,38)(H,32,34)(H,36,37). The van der Waals surface area contributed by atoms with Crippen molar-refractivity contribution in [3.8, 4) is 0 Å². The van der Waals surface area contributed by atoms with Crippen molar-refractivity contribution in [1.29, 1.82) is 0 Å². The quantitative estimate of drug-likeness (QED) is 0.352. The number of hydrogen-bond donors (Lipinski definition) is 3. The molecule has 1 aliphatic carbocycles. The van der Waals surface area contributed by atoms with Gasteiger partial charge in [-0.3, -0.25) is 14.4 Å². The number of nitrogens with one attached hydrogen (secondary N) is 2. The van der Waals surface area contributed by atoms with Gasteiger partial charge in [0.2, 0.25) is 5.91 Å². The third-order valence-corrected chi connectivity index (χ3v) is 6.96. The molecule has 1 aliphatic rings. The summed E-state index contributed by atoms with van der Waals surface area (Å²) < 4.78 is 5.38. The average molecular weight is 532 g/mol. The summed E-state index contributed by atoms with van der Waals surface area (Å²) in [5, 5.41) is 14.5. The summed E-state index contributed by atoms with van der Waals surface area (Å²) in [5.74, 6) is -1.79. The smallest absolute Gasteiger partial charge is 0.335 e. The number of furan rings is 1. The largest absolute Gasteiger partial charge is 0.478 e. The van der Waals surface area contributed by atoms with Crippen LogP contribution in [0.5, 0.6) is 0 Å². The van der Waals surface area contributed by atoms with Crippen LogP contribution in [0.4, 0.5) is 5.69 Å². The Labute approximate surface area is 227 Å². The number of nitrogens with zero attached hydrogens (tertiary/aromatic N) is 1. The predicted molar refractivity (Wildman–Crippen MR) is 145 cm³/mol. The molecule has 1 fully saturated rings. The first-order chi connectivity index (χ1) is 18.6. The maximum atomic E-state index is 13.2.